The molecule has 2 aromatic rings. The molecule has 0 amide bonds. The molecule has 0 bridgehead atoms. The van der Waals surface area contributed by atoms with E-state index < -0.39 is 0 Å². The highest BCUT2D eigenvalue weighted by Crippen LogP contribution is 2.27. The molecule has 94 valence electrons. The van der Waals surface area contributed by atoms with Gasteiger partial charge in [0.1, 0.15) is 11.6 Å². The van der Waals surface area contributed by atoms with Gasteiger partial charge in [-0.2, -0.15) is 0 Å². The van der Waals surface area contributed by atoms with E-state index in [0.29, 0.717) is 22.8 Å². The molecule has 2 rings (SSSR count). The summed E-state index contributed by atoms with van der Waals surface area (Å²) in [6.45, 7) is 1.86. The van der Waals surface area contributed by atoms with Crippen LogP contribution < -0.4 is 11.3 Å². The number of nitrogen functional groups attached to an aromatic ring is 1. The molecule has 1 heterocycles. The number of benzene rings is 1. The van der Waals surface area contributed by atoms with Gasteiger partial charge in [0.15, 0.2) is 0 Å². The maximum Gasteiger partial charge on any atom is 0.256 e. The van der Waals surface area contributed by atoms with Crippen LogP contribution in [0.15, 0.2) is 27.5 Å². The van der Waals surface area contributed by atoms with Crippen LogP contribution in [-0.4, -0.2) is 9.97 Å². The maximum atomic E-state index is 11.8. The number of hydrogen-bond donors (Lipinski definition) is 2. The predicted molar refractivity (Wildman–Crippen MR) is 76.8 cm³/mol. The molecule has 0 saturated heterocycles. The molecule has 1 aromatic heterocycles. The monoisotopic (exact) mass is 327 g/mol. The smallest absolute Gasteiger partial charge is 0.256 e. The predicted octanol–water partition coefficient (Wildman–Crippen LogP) is 3.00. The SMILES string of the molecule is CCc1c(N)nc(-c2ccc(Cl)c(Br)c2)[nH]c1=O. The lowest BCUT2D eigenvalue weighted by Crippen LogP contribution is -2.17. The van der Waals surface area contributed by atoms with Gasteiger partial charge in [-0.25, -0.2) is 4.98 Å². The van der Waals surface area contributed by atoms with E-state index in [2.05, 4.69) is 25.9 Å². The van der Waals surface area contributed by atoms with E-state index >= 15 is 0 Å². The lowest BCUT2D eigenvalue weighted by molar-refractivity contribution is 1.02. The molecule has 0 atom stereocenters. The van der Waals surface area contributed by atoms with E-state index in [4.69, 9.17) is 17.3 Å². The van der Waals surface area contributed by atoms with E-state index in [1.165, 1.54) is 0 Å². The van der Waals surface area contributed by atoms with Gasteiger partial charge >= 0.3 is 0 Å². The molecular formula is C12H11BrClN3O. The summed E-state index contributed by atoms with van der Waals surface area (Å²) in [5.74, 6) is 0.703. The third kappa shape index (κ3) is 2.42. The third-order valence-corrected chi connectivity index (χ3v) is 3.81. The molecule has 0 aliphatic heterocycles. The summed E-state index contributed by atoms with van der Waals surface area (Å²) < 4.78 is 0.738. The van der Waals surface area contributed by atoms with Crippen molar-refractivity contribution in [3.8, 4) is 11.4 Å². The van der Waals surface area contributed by atoms with Crippen LogP contribution in [0, 0.1) is 0 Å². The number of aromatic nitrogens is 2. The molecule has 0 spiro atoms. The summed E-state index contributed by atoms with van der Waals surface area (Å²) in [7, 11) is 0. The maximum absolute atomic E-state index is 11.8. The molecule has 6 heteroatoms. The van der Waals surface area contributed by atoms with E-state index in [9.17, 15) is 4.79 Å². The average Bonchev–Trinajstić information content (AvgIpc) is 2.32. The summed E-state index contributed by atoms with van der Waals surface area (Å²) in [6, 6.07) is 5.28. The number of aromatic amines is 1. The number of nitrogens with two attached hydrogens (primary N) is 1. The number of halogens is 2. The molecule has 0 radical (unpaired) electrons. The van der Waals surface area contributed by atoms with Gasteiger partial charge in [-0.3, -0.25) is 4.79 Å². The number of nitrogens with zero attached hydrogens (tertiary/aromatic N) is 1. The summed E-state index contributed by atoms with van der Waals surface area (Å²) in [5, 5.41) is 0.597. The minimum Gasteiger partial charge on any atom is -0.383 e. The second kappa shape index (κ2) is 5.12. The van der Waals surface area contributed by atoms with Crippen molar-refractivity contribution in [3.05, 3.63) is 43.6 Å². The van der Waals surface area contributed by atoms with Crippen LogP contribution in [0.5, 0.6) is 0 Å². The van der Waals surface area contributed by atoms with Gasteiger partial charge in [0.2, 0.25) is 0 Å². The highest BCUT2D eigenvalue weighted by molar-refractivity contribution is 9.10. The largest absolute Gasteiger partial charge is 0.383 e. The fourth-order valence-corrected chi connectivity index (χ4v) is 2.13. The summed E-state index contributed by atoms with van der Waals surface area (Å²) in [4.78, 5) is 18.7. The lowest BCUT2D eigenvalue weighted by Gasteiger charge is -2.06. The first-order valence-corrected chi connectivity index (χ1v) is 6.54. The van der Waals surface area contributed by atoms with Crippen molar-refractivity contribution in [1.29, 1.82) is 0 Å². The number of anilines is 1. The Morgan fingerprint density at radius 3 is 2.78 bits per heavy atom. The van der Waals surface area contributed by atoms with Crippen LogP contribution in [0.4, 0.5) is 5.82 Å². The first-order valence-electron chi connectivity index (χ1n) is 5.37. The van der Waals surface area contributed by atoms with Gasteiger partial charge in [-0.15, -0.1) is 0 Å². The molecule has 18 heavy (non-hydrogen) atoms. The second-order valence-electron chi connectivity index (χ2n) is 3.76. The normalized spacial score (nSPS) is 10.6. The van der Waals surface area contributed by atoms with Gasteiger partial charge in [-0.05, 0) is 40.5 Å². The summed E-state index contributed by atoms with van der Waals surface area (Å²) in [5.41, 5.74) is 6.82. The third-order valence-electron chi connectivity index (χ3n) is 2.59. The minimum atomic E-state index is -0.203. The van der Waals surface area contributed by atoms with Crippen LogP contribution >= 0.6 is 27.5 Å². The Bertz CT molecular complexity index is 654. The molecule has 0 saturated carbocycles. The summed E-state index contributed by atoms with van der Waals surface area (Å²) in [6.07, 6.45) is 0.554. The van der Waals surface area contributed by atoms with Crippen molar-refractivity contribution in [3.63, 3.8) is 0 Å². The molecule has 0 aliphatic rings. The molecule has 0 fully saturated rings. The van der Waals surface area contributed by atoms with Crippen molar-refractivity contribution in [2.45, 2.75) is 13.3 Å². The molecule has 0 unspecified atom stereocenters. The van der Waals surface area contributed by atoms with Gasteiger partial charge < -0.3 is 10.7 Å². The molecule has 1 aromatic carbocycles. The summed E-state index contributed by atoms with van der Waals surface area (Å²) >= 11 is 9.24. The zero-order valence-electron chi connectivity index (χ0n) is 9.63. The Labute approximate surface area is 117 Å². The zero-order chi connectivity index (χ0) is 13.3. The zero-order valence-corrected chi connectivity index (χ0v) is 12.0. The Balaban J connectivity index is 2.58. The van der Waals surface area contributed by atoms with Crippen molar-refractivity contribution >= 4 is 33.3 Å². The van der Waals surface area contributed by atoms with Gasteiger partial charge in [0.05, 0.1) is 10.6 Å². The van der Waals surface area contributed by atoms with Crippen LogP contribution in [0.25, 0.3) is 11.4 Å². The van der Waals surface area contributed by atoms with Gasteiger partial charge in [0, 0.05) is 10.0 Å². The lowest BCUT2D eigenvalue weighted by atomic mass is 10.2. The highest BCUT2D eigenvalue weighted by atomic mass is 79.9. The first-order chi connectivity index (χ1) is 8.52. The first kappa shape index (κ1) is 13.1. The number of rotatable bonds is 2. The van der Waals surface area contributed by atoms with E-state index in [1.54, 1.807) is 18.2 Å². The molecule has 4 nitrogen and oxygen atoms in total. The Kier molecular flexibility index (Phi) is 3.73. The fraction of sp³-hybridized carbons (Fsp3) is 0.167. The molecule has 3 N–H and O–H groups in total. The van der Waals surface area contributed by atoms with Crippen LogP contribution in [0.3, 0.4) is 0 Å². The van der Waals surface area contributed by atoms with Gasteiger partial charge in [0.25, 0.3) is 5.56 Å². The van der Waals surface area contributed by atoms with Crippen LogP contribution in [-0.2, 0) is 6.42 Å². The number of nitrogens with one attached hydrogen (secondary N) is 1. The van der Waals surface area contributed by atoms with Crippen molar-refractivity contribution < 1.29 is 0 Å². The van der Waals surface area contributed by atoms with Crippen molar-refractivity contribution in [2.75, 3.05) is 5.73 Å². The Hall–Kier alpha value is -1.33. The van der Waals surface area contributed by atoms with Gasteiger partial charge in [-0.1, -0.05) is 18.5 Å². The standard InChI is InChI=1S/C12H11BrClN3O/c1-2-7-10(15)16-11(17-12(7)18)6-3-4-9(14)8(13)5-6/h3-5H,2H2,1H3,(H3,15,16,17,18). The van der Waals surface area contributed by atoms with Crippen molar-refractivity contribution in [1.82, 2.24) is 9.97 Å². The average molecular weight is 329 g/mol. The Morgan fingerprint density at radius 2 is 2.22 bits per heavy atom. The molecule has 0 aliphatic carbocycles. The Morgan fingerprint density at radius 1 is 1.50 bits per heavy atom. The quantitative estimate of drug-likeness (QED) is 0.890. The van der Waals surface area contributed by atoms with E-state index in [1.807, 2.05) is 6.92 Å². The van der Waals surface area contributed by atoms with E-state index in [0.717, 1.165) is 10.0 Å². The second-order valence-corrected chi connectivity index (χ2v) is 5.02. The highest BCUT2D eigenvalue weighted by Gasteiger charge is 2.09. The number of H-pyrrole nitrogens is 1. The molecular weight excluding hydrogens is 318 g/mol. The topological polar surface area (TPSA) is 71.8 Å². The van der Waals surface area contributed by atoms with Crippen molar-refractivity contribution in [2.24, 2.45) is 0 Å². The fourth-order valence-electron chi connectivity index (χ4n) is 1.64. The van der Waals surface area contributed by atoms with E-state index in [-0.39, 0.29) is 11.4 Å². The number of hydrogen-bond acceptors (Lipinski definition) is 3. The van der Waals surface area contributed by atoms with Crippen LogP contribution in [0.2, 0.25) is 5.02 Å². The minimum absolute atomic E-state index is 0.203. The van der Waals surface area contributed by atoms with Crippen LogP contribution in [0.1, 0.15) is 12.5 Å².